The van der Waals surface area contributed by atoms with E-state index in [4.69, 9.17) is 4.98 Å². The van der Waals surface area contributed by atoms with Crippen LogP contribution in [0.1, 0.15) is 0 Å². The molecule has 9 rings (SSSR count). The van der Waals surface area contributed by atoms with E-state index in [-0.39, 0.29) is 0 Å². The molecule has 0 aliphatic heterocycles. The van der Waals surface area contributed by atoms with Gasteiger partial charge in [-0.25, -0.2) is 4.98 Å². The maximum atomic E-state index is 5.04. The Morgan fingerprint density at radius 2 is 1.19 bits per heavy atom. The summed E-state index contributed by atoms with van der Waals surface area (Å²) in [5.41, 5.74) is 6.68. The monoisotopic (exact) mass is 554 g/mol. The zero-order valence-corrected chi connectivity index (χ0v) is 23.2. The summed E-state index contributed by atoms with van der Waals surface area (Å²) in [7, 11) is 0. The van der Waals surface area contributed by atoms with Crippen LogP contribution in [-0.4, -0.2) is 19.5 Å². The Kier molecular flexibility index (Phi) is 5.03. The fraction of sp³-hybridized carbons (Fsp3) is 0. The van der Waals surface area contributed by atoms with Crippen molar-refractivity contribution in [1.82, 2.24) is 19.5 Å². The van der Waals surface area contributed by atoms with Crippen molar-refractivity contribution in [2.45, 2.75) is 0 Å². The first-order chi connectivity index (χ1) is 20.8. The Bertz CT molecular complexity index is 2400. The van der Waals surface area contributed by atoms with E-state index in [1.165, 1.54) is 47.2 Å². The number of nitrogens with zero attached hydrogens (tertiary/aromatic N) is 4. The number of benzene rings is 4. The third-order valence-corrected chi connectivity index (χ3v) is 9.29. The molecule has 4 aromatic carbocycles. The van der Waals surface area contributed by atoms with Crippen LogP contribution in [0.4, 0.5) is 0 Å². The van der Waals surface area contributed by atoms with Crippen molar-refractivity contribution in [3.05, 3.63) is 134 Å². The molecule has 0 aliphatic rings. The number of fused-ring (bicyclic) bond motifs is 9. The van der Waals surface area contributed by atoms with Crippen LogP contribution in [0.3, 0.4) is 0 Å². The molecule has 42 heavy (non-hydrogen) atoms. The van der Waals surface area contributed by atoms with Crippen molar-refractivity contribution < 1.29 is 0 Å². The van der Waals surface area contributed by atoms with E-state index in [2.05, 4.69) is 99.5 Å². The Morgan fingerprint density at radius 3 is 1.93 bits per heavy atom. The van der Waals surface area contributed by atoms with Crippen molar-refractivity contribution in [1.29, 1.82) is 0 Å². The number of para-hydroxylation sites is 1. The summed E-state index contributed by atoms with van der Waals surface area (Å²) in [6.07, 6.45) is 3.63. The minimum Gasteiger partial charge on any atom is -0.308 e. The molecule has 0 saturated heterocycles. The van der Waals surface area contributed by atoms with Crippen LogP contribution in [0, 0.1) is 0 Å². The molecule has 196 valence electrons. The molecular weight excluding hydrogens is 533 g/mol. The summed E-state index contributed by atoms with van der Waals surface area (Å²) in [5, 5.41) is 7.59. The Hall–Kier alpha value is -5.39. The summed E-state index contributed by atoms with van der Waals surface area (Å²) in [6.45, 7) is 0. The summed E-state index contributed by atoms with van der Waals surface area (Å²) in [5.74, 6) is 0. The van der Waals surface area contributed by atoms with Crippen molar-refractivity contribution in [3.63, 3.8) is 0 Å². The number of rotatable bonds is 3. The van der Waals surface area contributed by atoms with E-state index in [0.29, 0.717) is 0 Å². The van der Waals surface area contributed by atoms with Gasteiger partial charge >= 0.3 is 0 Å². The van der Waals surface area contributed by atoms with Crippen LogP contribution in [-0.2, 0) is 0 Å². The van der Waals surface area contributed by atoms with Gasteiger partial charge in [-0.05, 0) is 59.3 Å². The maximum absolute atomic E-state index is 5.04. The van der Waals surface area contributed by atoms with E-state index >= 15 is 0 Å². The molecule has 0 aliphatic carbocycles. The van der Waals surface area contributed by atoms with Gasteiger partial charge in [0.25, 0.3) is 0 Å². The molecule has 0 N–H and O–H groups in total. The van der Waals surface area contributed by atoms with Crippen LogP contribution in [0.5, 0.6) is 0 Å². The van der Waals surface area contributed by atoms with Gasteiger partial charge in [-0.1, -0.05) is 72.8 Å². The SMILES string of the molecule is c1ccc(-c2cc(-n3c4ccccc4c4ccc5sc6c7ccccc7ccc6c5c43)cc(-c3ccccn3)n2)nc1. The lowest BCUT2D eigenvalue weighted by Gasteiger charge is -2.13. The van der Waals surface area contributed by atoms with E-state index in [1.807, 2.05) is 60.1 Å². The standard InChI is InChI=1S/C37H22N4S/c1-2-10-25-23(9-1)15-16-28-35-34(42-37(25)28)18-17-27-26-11-3-4-14-33(26)41(36(27)35)24-21-31(29-12-5-7-19-38-29)40-32(22-24)30-13-6-8-20-39-30/h1-22H. The second-order valence-electron chi connectivity index (χ2n) is 10.5. The van der Waals surface area contributed by atoms with Crippen LogP contribution in [0.25, 0.3) is 81.2 Å². The fourth-order valence-corrected chi connectivity index (χ4v) is 7.49. The third kappa shape index (κ3) is 3.44. The van der Waals surface area contributed by atoms with Gasteiger partial charge < -0.3 is 4.57 Å². The van der Waals surface area contributed by atoms with Crippen LogP contribution in [0.15, 0.2) is 134 Å². The van der Waals surface area contributed by atoms with Crippen LogP contribution >= 0.6 is 11.3 Å². The zero-order valence-electron chi connectivity index (χ0n) is 22.4. The molecule has 0 amide bonds. The van der Waals surface area contributed by atoms with Gasteiger partial charge in [-0.3, -0.25) is 9.97 Å². The topological polar surface area (TPSA) is 43.6 Å². The molecule has 0 bridgehead atoms. The highest BCUT2D eigenvalue weighted by Crippen LogP contribution is 2.45. The first-order valence-corrected chi connectivity index (χ1v) is 14.8. The minimum absolute atomic E-state index is 0.813. The second kappa shape index (κ2) is 9.06. The molecule has 5 heteroatoms. The van der Waals surface area contributed by atoms with Crippen molar-refractivity contribution >= 4 is 64.1 Å². The molecule has 0 spiro atoms. The van der Waals surface area contributed by atoms with Gasteiger partial charge in [0.1, 0.15) is 0 Å². The lowest BCUT2D eigenvalue weighted by atomic mass is 10.0. The number of pyridine rings is 3. The summed E-state index contributed by atoms with van der Waals surface area (Å²) < 4.78 is 5.02. The summed E-state index contributed by atoms with van der Waals surface area (Å²) in [4.78, 5) is 14.3. The average Bonchev–Trinajstić information content (AvgIpc) is 3.61. The molecule has 9 aromatic rings. The number of hydrogen-bond acceptors (Lipinski definition) is 4. The molecule has 0 atom stereocenters. The van der Waals surface area contributed by atoms with E-state index in [0.717, 1.165) is 34.0 Å². The number of hydrogen-bond donors (Lipinski definition) is 0. The minimum atomic E-state index is 0.813. The Balaban J connectivity index is 1.45. The lowest BCUT2D eigenvalue weighted by Crippen LogP contribution is -1.99. The molecular formula is C37H22N4S. The van der Waals surface area contributed by atoms with E-state index in [9.17, 15) is 0 Å². The molecule has 0 fully saturated rings. The fourth-order valence-electron chi connectivity index (χ4n) is 6.25. The molecule has 4 nitrogen and oxygen atoms in total. The highest BCUT2D eigenvalue weighted by atomic mass is 32.1. The van der Waals surface area contributed by atoms with E-state index in [1.54, 1.807) is 0 Å². The Morgan fingerprint density at radius 1 is 0.524 bits per heavy atom. The van der Waals surface area contributed by atoms with Crippen molar-refractivity contribution in [2.24, 2.45) is 0 Å². The normalized spacial score (nSPS) is 11.8. The second-order valence-corrected chi connectivity index (χ2v) is 11.5. The van der Waals surface area contributed by atoms with Crippen molar-refractivity contribution in [3.8, 4) is 28.5 Å². The van der Waals surface area contributed by atoms with E-state index < -0.39 is 0 Å². The third-order valence-electron chi connectivity index (χ3n) is 8.08. The highest BCUT2D eigenvalue weighted by molar-refractivity contribution is 7.26. The predicted octanol–water partition coefficient (Wildman–Crippen LogP) is 9.82. The largest absolute Gasteiger partial charge is 0.308 e. The first-order valence-electron chi connectivity index (χ1n) is 13.9. The van der Waals surface area contributed by atoms with Gasteiger partial charge in [0.05, 0.1) is 39.5 Å². The van der Waals surface area contributed by atoms with Gasteiger partial charge in [-0.15, -0.1) is 11.3 Å². The molecule has 0 radical (unpaired) electrons. The first kappa shape index (κ1) is 23.3. The molecule has 5 aromatic heterocycles. The number of thiophene rings is 1. The maximum Gasteiger partial charge on any atom is 0.0915 e. The Labute approximate surface area is 245 Å². The average molecular weight is 555 g/mol. The lowest BCUT2D eigenvalue weighted by molar-refractivity contribution is 1.15. The summed E-state index contributed by atoms with van der Waals surface area (Å²) >= 11 is 1.87. The zero-order chi connectivity index (χ0) is 27.6. The summed E-state index contributed by atoms with van der Waals surface area (Å²) in [6, 6.07) is 42.7. The van der Waals surface area contributed by atoms with Crippen molar-refractivity contribution in [2.75, 3.05) is 0 Å². The van der Waals surface area contributed by atoms with Gasteiger partial charge in [0, 0.05) is 43.3 Å². The molecule has 5 heterocycles. The predicted molar refractivity (Wildman–Crippen MR) is 175 cm³/mol. The highest BCUT2D eigenvalue weighted by Gasteiger charge is 2.20. The quantitative estimate of drug-likeness (QED) is 0.218. The van der Waals surface area contributed by atoms with Crippen LogP contribution < -0.4 is 0 Å². The number of aromatic nitrogens is 4. The van der Waals surface area contributed by atoms with Crippen LogP contribution in [0.2, 0.25) is 0 Å². The molecule has 0 unspecified atom stereocenters. The molecule has 0 saturated carbocycles. The van der Waals surface area contributed by atoms with Gasteiger partial charge in [0.15, 0.2) is 0 Å². The smallest absolute Gasteiger partial charge is 0.0915 e. The van der Waals surface area contributed by atoms with Gasteiger partial charge in [-0.2, -0.15) is 0 Å². The van der Waals surface area contributed by atoms with Gasteiger partial charge in [0.2, 0.25) is 0 Å².